The molecule has 1 aliphatic rings. The number of fused-ring (bicyclic) bond motifs is 1. The number of furan rings is 1. The monoisotopic (exact) mass is 944 g/mol. The molecule has 68 heavy (non-hydrogen) atoms. The standard InChI is InChI=1S/C50H61N10O7P/c1-34(2)60(35(3)4)68(65-29-15-27-51)67-42-30-44(59-48-45(46(56-59)41-18-14-28-63-41)47(52-32-57(5)6)54-49(55-48)53-33-58(7)8)66-43(42)31-64-50(36-16-12-11-13-17-36,37-19-23-39(61-9)24-20-37)38-21-25-40(62-10)26-22-38/h11-14,16-26,28,32-35,42-44H,15,29-31H2,1-10H3. The molecule has 6 aromatic rings. The molecule has 4 heterocycles. The van der Waals surface area contributed by atoms with E-state index in [9.17, 15) is 5.26 Å². The SMILES string of the molecule is COc1ccc(C(OCC2OC(n3nc(-c4ccco4)c4c(N=CN(C)C)nc(N=CN(C)C)nc43)CC2OP(OCCC#N)N(C(C)C)C(C)C)(c2ccccc2)c2ccc(OC)cc2)cc1. The van der Waals surface area contributed by atoms with Gasteiger partial charge in [-0.15, -0.1) is 0 Å². The van der Waals surface area contributed by atoms with Crippen LogP contribution in [0.3, 0.4) is 0 Å². The van der Waals surface area contributed by atoms with Crippen molar-refractivity contribution in [3.05, 3.63) is 114 Å². The van der Waals surface area contributed by atoms with Crippen LogP contribution >= 0.6 is 8.53 Å². The lowest BCUT2D eigenvalue weighted by molar-refractivity contribution is -0.0931. The minimum Gasteiger partial charge on any atom is -0.497 e. The number of benzene rings is 3. The van der Waals surface area contributed by atoms with Crippen LogP contribution in [0.2, 0.25) is 0 Å². The quantitative estimate of drug-likeness (QED) is 0.0207. The molecule has 0 bridgehead atoms. The van der Waals surface area contributed by atoms with Crippen LogP contribution in [-0.4, -0.2) is 127 Å². The molecule has 3 aromatic heterocycles. The van der Waals surface area contributed by atoms with E-state index < -0.39 is 32.6 Å². The molecule has 0 amide bonds. The molecular formula is C50H61N10O7P. The average Bonchev–Trinajstić information content (AvgIpc) is 4.10. The molecular weight excluding hydrogens is 884 g/mol. The van der Waals surface area contributed by atoms with E-state index in [0.29, 0.717) is 46.2 Å². The lowest BCUT2D eigenvalue weighted by Crippen LogP contribution is -2.39. The second-order valence-electron chi connectivity index (χ2n) is 17.1. The molecule has 0 saturated carbocycles. The zero-order valence-corrected chi connectivity index (χ0v) is 41.3. The molecule has 0 aliphatic carbocycles. The van der Waals surface area contributed by atoms with Crippen LogP contribution in [0.1, 0.15) is 63.5 Å². The molecule has 3 aromatic carbocycles. The summed E-state index contributed by atoms with van der Waals surface area (Å²) < 4.78 is 49.5. The fraction of sp³-hybridized carbons (Fsp3) is 0.400. The van der Waals surface area contributed by atoms with E-state index in [-0.39, 0.29) is 37.7 Å². The van der Waals surface area contributed by atoms with Crippen molar-refractivity contribution in [2.24, 2.45) is 9.98 Å². The van der Waals surface area contributed by atoms with Crippen LogP contribution in [0, 0.1) is 11.3 Å². The number of hydrogen-bond donors (Lipinski definition) is 0. The van der Waals surface area contributed by atoms with Crippen LogP contribution in [0.15, 0.2) is 112 Å². The molecule has 1 fully saturated rings. The lowest BCUT2D eigenvalue weighted by Gasteiger charge is -2.39. The van der Waals surface area contributed by atoms with Crippen molar-refractivity contribution in [3.8, 4) is 29.0 Å². The topological polar surface area (TPSA) is 170 Å². The van der Waals surface area contributed by atoms with Crippen molar-refractivity contribution in [2.75, 3.05) is 55.6 Å². The zero-order chi connectivity index (χ0) is 48.4. The second kappa shape index (κ2) is 22.7. The summed E-state index contributed by atoms with van der Waals surface area (Å²) >= 11 is 0. The van der Waals surface area contributed by atoms with Gasteiger partial charge in [-0.25, -0.2) is 19.3 Å². The van der Waals surface area contributed by atoms with Crippen LogP contribution in [0.4, 0.5) is 11.8 Å². The highest BCUT2D eigenvalue weighted by Gasteiger charge is 2.46. The number of hydrogen-bond acceptors (Lipinski definition) is 14. The first-order valence-corrected chi connectivity index (χ1v) is 23.6. The predicted octanol–water partition coefficient (Wildman–Crippen LogP) is 9.50. The van der Waals surface area contributed by atoms with Gasteiger partial charge in [0.15, 0.2) is 23.5 Å². The number of aliphatic imine (C=N–C) groups is 2. The molecule has 4 atom stereocenters. The number of ether oxygens (including phenoxy) is 4. The Morgan fingerprint density at radius 2 is 1.46 bits per heavy atom. The van der Waals surface area contributed by atoms with E-state index in [1.807, 2.05) is 106 Å². The Hall–Kier alpha value is -6.25. The fourth-order valence-electron chi connectivity index (χ4n) is 8.09. The van der Waals surface area contributed by atoms with Gasteiger partial charge in [-0.1, -0.05) is 54.6 Å². The smallest absolute Gasteiger partial charge is 0.259 e. The third kappa shape index (κ3) is 11.2. The van der Waals surface area contributed by atoms with Gasteiger partial charge < -0.3 is 42.2 Å². The Balaban J connectivity index is 1.40. The van der Waals surface area contributed by atoms with Gasteiger partial charge in [0.2, 0.25) is 0 Å². The van der Waals surface area contributed by atoms with E-state index in [2.05, 4.69) is 55.6 Å². The summed E-state index contributed by atoms with van der Waals surface area (Å²) in [7, 11) is 9.09. The molecule has 1 saturated heterocycles. The molecule has 0 radical (unpaired) electrons. The number of methoxy groups -OCH3 is 2. The van der Waals surface area contributed by atoms with Crippen molar-refractivity contribution >= 4 is 44.0 Å². The third-order valence-electron chi connectivity index (χ3n) is 11.1. The maximum absolute atomic E-state index is 9.55. The number of nitriles is 1. The fourth-order valence-corrected chi connectivity index (χ4v) is 9.84. The van der Waals surface area contributed by atoms with Gasteiger partial charge in [0.25, 0.3) is 14.5 Å². The molecule has 0 spiro atoms. The highest BCUT2D eigenvalue weighted by atomic mass is 31.2. The van der Waals surface area contributed by atoms with Crippen LogP contribution in [0.25, 0.3) is 22.5 Å². The predicted molar refractivity (Wildman–Crippen MR) is 264 cm³/mol. The Bertz CT molecular complexity index is 2580. The lowest BCUT2D eigenvalue weighted by atomic mass is 9.80. The molecule has 17 nitrogen and oxygen atoms in total. The minimum absolute atomic E-state index is 0.0504. The van der Waals surface area contributed by atoms with E-state index in [1.54, 1.807) is 48.8 Å². The Kier molecular flexibility index (Phi) is 16.6. The van der Waals surface area contributed by atoms with E-state index in [4.69, 9.17) is 52.5 Å². The summed E-state index contributed by atoms with van der Waals surface area (Å²) in [5, 5.41) is 15.3. The van der Waals surface area contributed by atoms with Crippen LogP contribution in [0.5, 0.6) is 11.5 Å². The highest BCUT2D eigenvalue weighted by Crippen LogP contribution is 2.51. The molecule has 4 unspecified atom stereocenters. The number of nitrogens with zero attached hydrogens (tertiary/aromatic N) is 10. The van der Waals surface area contributed by atoms with Gasteiger partial charge >= 0.3 is 0 Å². The van der Waals surface area contributed by atoms with Gasteiger partial charge in [-0.05, 0) is 80.8 Å². The van der Waals surface area contributed by atoms with Crippen molar-refractivity contribution in [1.82, 2.24) is 34.2 Å². The Morgan fingerprint density at radius 1 is 0.838 bits per heavy atom. The normalized spacial score (nSPS) is 17.0. The van der Waals surface area contributed by atoms with Gasteiger partial charge in [0.05, 0.1) is 70.4 Å². The van der Waals surface area contributed by atoms with Crippen LogP contribution < -0.4 is 9.47 Å². The summed E-state index contributed by atoms with van der Waals surface area (Å²) in [6.45, 7) is 8.68. The van der Waals surface area contributed by atoms with E-state index >= 15 is 0 Å². The average molecular weight is 945 g/mol. The van der Waals surface area contributed by atoms with Crippen molar-refractivity contribution in [1.29, 1.82) is 5.26 Å². The van der Waals surface area contributed by atoms with Crippen molar-refractivity contribution < 1.29 is 32.4 Å². The highest BCUT2D eigenvalue weighted by molar-refractivity contribution is 7.44. The summed E-state index contributed by atoms with van der Waals surface area (Å²) in [6.07, 6.45) is 3.35. The summed E-state index contributed by atoms with van der Waals surface area (Å²) in [5.41, 5.74) is 2.38. The Morgan fingerprint density at radius 3 is 2.01 bits per heavy atom. The third-order valence-corrected chi connectivity index (χ3v) is 13.2. The molecule has 7 rings (SSSR count). The van der Waals surface area contributed by atoms with Gasteiger partial charge in [-0.3, -0.25) is 0 Å². The van der Waals surface area contributed by atoms with Gasteiger partial charge in [-0.2, -0.15) is 20.3 Å². The molecule has 0 N–H and O–H groups in total. The summed E-state index contributed by atoms with van der Waals surface area (Å²) in [6, 6.07) is 31.9. The molecule has 358 valence electrons. The first-order valence-electron chi connectivity index (χ1n) is 22.5. The van der Waals surface area contributed by atoms with Gasteiger partial charge in [0, 0.05) is 46.7 Å². The van der Waals surface area contributed by atoms with Crippen molar-refractivity contribution in [2.45, 2.75) is 76.7 Å². The molecule has 18 heteroatoms. The Labute approximate surface area is 399 Å². The largest absolute Gasteiger partial charge is 0.497 e. The zero-order valence-electron chi connectivity index (χ0n) is 40.4. The molecule has 1 aliphatic heterocycles. The maximum Gasteiger partial charge on any atom is 0.259 e. The summed E-state index contributed by atoms with van der Waals surface area (Å²) in [4.78, 5) is 22.7. The van der Waals surface area contributed by atoms with E-state index in [1.165, 1.54) is 0 Å². The first kappa shape index (κ1) is 49.6. The first-order chi connectivity index (χ1) is 32.9. The number of rotatable bonds is 22. The van der Waals surface area contributed by atoms with Crippen LogP contribution in [-0.2, 0) is 24.1 Å². The number of aromatic nitrogens is 4. The maximum atomic E-state index is 9.55. The van der Waals surface area contributed by atoms with E-state index in [0.717, 1.165) is 16.7 Å². The van der Waals surface area contributed by atoms with Gasteiger partial charge in [0.1, 0.15) is 28.9 Å². The second-order valence-corrected chi connectivity index (χ2v) is 18.5. The minimum atomic E-state index is -1.71. The summed E-state index contributed by atoms with van der Waals surface area (Å²) in [5.74, 6) is 2.45. The van der Waals surface area contributed by atoms with Crippen molar-refractivity contribution in [3.63, 3.8) is 0 Å².